The van der Waals surface area contributed by atoms with E-state index in [1.54, 1.807) is 17.2 Å². The SMILES string of the molecule is COc1ccc(CN2CCN(C(=O)NCc3ccn[nH]3)CC2)cc1F. The van der Waals surface area contributed by atoms with Gasteiger partial charge in [-0.25, -0.2) is 9.18 Å². The normalized spacial score (nSPS) is 15.2. The molecule has 1 fully saturated rings. The summed E-state index contributed by atoms with van der Waals surface area (Å²) in [4.78, 5) is 16.2. The van der Waals surface area contributed by atoms with E-state index in [1.165, 1.54) is 13.2 Å². The van der Waals surface area contributed by atoms with Gasteiger partial charge >= 0.3 is 6.03 Å². The lowest BCUT2D eigenvalue weighted by Crippen LogP contribution is -2.51. The van der Waals surface area contributed by atoms with Gasteiger partial charge in [0.25, 0.3) is 0 Å². The van der Waals surface area contributed by atoms with Crippen molar-refractivity contribution in [2.75, 3.05) is 33.3 Å². The first kappa shape index (κ1) is 17.2. The average molecular weight is 347 g/mol. The van der Waals surface area contributed by atoms with Crippen LogP contribution in [0, 0.1) is 5.82 Å². The number of ether oxygens (including phenoxy) is 1. The van der Waals surface area contributed by atoms with Gasteiger partial charge in [0.2, 0.25) is 0 Å². The van der Waals surface area contributed by atoms with Crippen molar-refractivity contribution in [1.29, 1.82) is 0 Å². The van der Waals surface area contributed by atoms with Gasteiger partial charge in [-0.3, -0.25) is 10.00 Å². The minimum atomic E-state index is -0.350. The number of aromatic nitrogens is 2. The summed E-state index contributed by atoms with van der Waals surface area (Å²) in [6, 6.07) is 6.76. The smallest absolute Gasteiger partial charge is 0.317 e. The topological polar surface area (TPSA) is 73.5 Å². The number of methoxy groups -OCH3 is 1. The van der Waals surface area contributed by atoms with Crippen LogP contribution in [0.1, 0.15) is 11.3 Å². The van der Waals surface area contributed by atoms with Crippen molar-refractivity contribution in [3.63, 3.8) is 0 Å². The summed E-state index contributed by atoms with van der Waals surface area (Å²) in [5.74, 6) is -0.0978. The molecule has 25 heavy (non-hydrogen) atoms. The third-order valence-corrected chi connectivity index (χ3v) is 4.27. The van der Waals surface area contributed by atoms with E-state index in [1.807, 2.05) is 12.1 Å². The number of hydrogen-bond donors (Lipinski definition) is 2. The molecule has 1 aromatic carbocycles. The molecule has 0 bridgehead atoms. The Kier molecular flexibility index (Phi) is 5.49. The number of urea groups is 1. The number of benzene rings is 1. The second kappa shape index (κ2) is 7.98. The number of carbonyl (C=O) groups is 1. The first-order valence-electron chi connectivity index (χ1n) is 8.21. The van der Waals surface area contributed by atoms with E-state index in [0.717, 1.165) is 24.3 Å². The van der Waals surface area contributed by atoms with Crippen molar-refractivity contribution in [2.24, 2.45) is 0 Å². The predicted molar refractivity (Wildman–Crippen MR) is 90.6 cm³/mol. The lowest BCUT2D eigenvalue weighted by Gasteiger charge is -2.34. The molecule has 8 heteroatoms. The standard InChI is InChI=1S/C17H22FN5O2/c1-25-16-3-2-13(10-15(16)18)12-22-6-8-23(9-7-22)17(24)19-11-14-4-5-20-21-14/h2-5,10H,6-9,11-12H2,1H3,(H,19,24)(H,20,21). The van der Waals surface area contributed by atoms with Crippen molar-refractivity contribution >= 4 is 6.03 Å². The van der Waals surface area contributed by atoms with Crippen LogP contribution in [0.25, 0.3) is 0 Å². The molecule has 0 aliphatic carbocycles. The highest BCUT2D eigenvalue weighted by Crippen LogP contribution is 2.19. The zero-order valence-electron chi connectivity index (χ0n) is 14.2. The Bertz CT molecular complexity index is 699. The summed E-state index contributed by atoms with van der Waals surface area (Å²) in [7, 11) is 1.45. The van der Waals surface area contributed by atoms with E-state index in [4.69, 9.17) is 4.74 Å². The number of halogens is 1. The Balaban J connectivity index is 1.45. The van der Waals surface area contributed by atoms with Crippen molar-refractivity contribution in [3.05, 3.63) is 47.5 Å². The Morgan fingerprint density at radius 1 is 1.32 bits per heavy atom. The number of rotatable bonds is 5. The van der Waals surface area contributed by atoms with Crippen LogP contribution in [-0.4, -0.2) is 59.3 Å². The summed E-state index contributed by atoms with van der Waals surface area (Å²) in [5, 5.41) is 9.53. The van der Waals surface area contributed by atoms with E-state index in [9.17, 15) is 9.18 Å². The highest BCUT2D eigenvalue weighted by Gasteiger charge is 2.21. The Hall–Kier alpha value is -2.61. The lowest BCUT2D eigenvalue weighted by molar-refractivity contribution is 0.135. The Morgan fingerprint density at radius 2 is 2.12 bits per heavy atom. The molecule has 1 aliphatic rings. The number of piperazine rings is 1. The monoisotopic (exact) mass is 347 g/mol. The molecular weight excluding hydrogens is 325 g/mol. The number of aromatic amines is 1. The summed E-state index contributed by atoms with van der Waals surface area (Å²) in [5.41, 5.74) is 1.77. The number of hydrogen-bond acceptors (Lipinski definition) is 4. The summed E-state index contributed by atoms with van der Waals surface area (Å²) in [6.45, 7) is 3.89. The van der Waals surface area contributed by atoms with E-state index in [2.05, 4.69) is 20.4 Å². The van der Waals surface area contributed by atoms with E-state index in [0.29, 0.717) is 26.2 Å². The maximum atomic E-state index is 13.8. The van der Waals surface area contributed by atoms with Gasteiger partial charge in [-0.15, -0.1) is 0 Å². The van der Waals surface area contributed by atoms with Crippen molar-refractivity contribution in [1.82, 2.24) is 25.3 Å². The van der Waals surface area contributed by atoms with E-state index < -0.39 is 0 Å². The molecule has 1 aliphatic heterocycles. The number of nitrogens with zero attached hydrogens (tertiary/aromatic N) is 3. The van der Waals surface area contributed by atoms with Crippen molar-refractivity contribution in [2.45, 2.75) is 13.1 Å². The molecule has 0 atom stereocenters. The molecule has 1 saturated heterocycles. The van der Waals surface area contributed by atoms with Crippen LogP contribution < -0.4 is 10.1 Å². The fraction of sp³-hybridized carbons (Fsp3) is 0.412. The molecule has 2 heterocycles. The van der Waals surface area contributed by atoms with Crippen LogP contribution in [0.3, 0.4) is 0 Å². The molecule has 1 aromatic heterocycles. The minimum Gasteiger partial charge on any atom is -0.494 e. The number of nitrogens with one attached hydrogen (secondary N) is 2. The van der Waals surface area contributed by atoms with Gasteiger partial charge in [0.1, 0.15) is 0 Å². The average Bonchev–Trinajstić information content (AvgIpc) is 3.14. The van der Waals surface area contributed by atoms with Crippen LogP contribution in [0.15, 0.2) is 30.5 Å². The molecule has 0 saturated carbocycles. The van der Waals surface area contributed by atoms with Gasteiger partial charge < -0.3 is 15.0 Å². The first-order valence-corrected chi connectivity index (χ1v) is 8.21. The molecule has 3 rings (SSSR count). The molecule has 7 nitrogen and oxygen atoms in total. The largest absolute Gasteiger partial charge is 0.494 e. The second-order valence-corrected chi connectivity index (χ2v) is 5.97. The fourth-order valence-corrected chi connectivity index (χ4v) is 2.84. The first-order chi connectivity index (χ1) is 12.2. The predicted octanol–water partition coefficient (Wildman–Crippen LogP) is 1.58. The Morgan fingerprint density at radius 3 is 2.76 bits per heavy atom. The van der Waals surface area contributed by atoms with Crippen molar-refractivity contribution in [3.8, 4) is 5.75 Å². The zero-order valence-corrected chi connectivity index (χ0v) is 14.2. The van der Waals surface area contributed by atoms with Crippen LogP contribution in [-0.2, 0) is 13.1 Å². The summed E-state index contributed by atoms with van der Waals surface area (Å²) >= 11 is 0. The van der Waals surface area contributed by atoms with Gasteiger partial charge in [0.05, 0.1) is 19.3 Å². The van der Waals surface area contributed by atoms with Crippen LogP contribution in [0.4, 0.5) is 9.18 Å². The zero-order chi connectivity index (χ0) is 17.6. The molecule has 0 spiro atoms. The fourth-order valence-electron chi connectivity index (χ4n) is 2.84. The highest BCUT2D eigenvalue weighted by molar-refractivity contribution is 5.74. The van der Waals surface area contributed by atoms with Gasteiger partial charge in [-0.2, -0.15) is 5.10 Å². The molecule has 0 radical (unpaired) electrons. The molecule has 134 valence electrons. The van der Waals surface area contributed by atoms with E-state index in [-0.39, 0.29) is 17.6 Å². The molecular formula is C17H22FN5O2. The second-order valence-electron chi connectivity index (χ2n) is 5.97. The van der Waals surface area contributed by atoms with Crippen molar-refractivity contribution < 1.29 is 13.9 Å². The highest BCUT2D eigenvalue weighted by atomic mass is 19.1. The van der Waals surface area contributed by atoms with Gasteiger partial charge in [-0.1, -0.05) is 6.07 Å². The van der Waals surface area contributed by atoms with E-state index >= 15 is 0 Å². The lowest BCUT2D eigenvalue weighted by atomic mass is 10.2. The molecule has 0 unspecified atom stereocenters. The number of carbonyl (C=O) groups excluding carboxylic acids is 1. The Labute approximate surface area is 145 Å². The van der Waals surface area contributed by atoms with Crippen LogP contribution in [0.5, 0.6) is 5.75 Å². The van der Waals surface area contributed by atoms with Crippen LogP contribution in [0.2, 0.25) is 0 Å². The number of H-pyrrole nitrogens is 1. The van der Waals surface area contributed by atoms with Crippen LogP contribution >= 0.6 is 0 Å². The van der Waals surface area contributed by atoms with Gasteiger partial charge in [0, 0.05) is 38.9 Å². The molecule has 2 aromatic rings. The number of amides is 2. The third kappa shape index (κ3) is 4.48. The quantitative estimate of drug-likeness (QED) is 0.861. The van der Waals surface area contributed by atoms with Gasteiger partial charge in [0.15, 0.2) is 11.6 Å². The third-order valence-electron chi connectivity index (χ3n) is 4.27. The maximum absolute atomic E-state index is 13.8. The summed E-state index contributed by atoms with van der Waals surface area (Å²) in [6.07, 6.45) is 1.66. The minimum absolute atomic E-state index is 0.0789. The molecule has 2 N–H and O–H groups in total. The maximum Gasteiger partial charge on any atom is 0.317 e. The summed E-state index contributed by atoms with van der Waals surface area (Å²) < 4.78 is 18.7. The molecule has 2 amide bonds. The van der Waals surface area contributed by atoms with Gasteiger partial charge in [-0.05, 0) is 23.8 Å².